The number of rotatable bonds is 5. The summed E-state index contributed by atoms with van der Waals surface area (Å²) < 4.78 is 9.72. The molecule has 0 fully saturated rings. The highest BCUT2D eigenvalue weighted by Gasteiger charge is 2.02. The second kappa shape index (κ2) is 6.03. The van der Waals surface area contributed by atoms with Crippen LogP contribution in [0.15, 0.2) is 24.3 Å². The van der Waals surface area contributed by atoms with Gasteiger partial charge in [-0.25, -0.2) is 0 Å². The molecule has 0 saturated heterocycles. The first-order valence-corrected chi connectivity index (χ1v) is 4.65. The number of benzene rings is 1. The van der Waals surface area contributed by atoms with Crippen molar-refractivity contribution in [1.82, 2.24) is 0 Å². The molecule has 1 rings (SSSR count). The van der Waals surface area contributed by atoms with Crippen LogP contribution >= 0.6 is 0 Å². The van der Waals surface area contributed by atoms with Gasteiger partial charge in [0.1, 0.15) is 12.4 Å². The minimum absolute atomic E-state index is 0.0100. The average molecular weight is 210 g/mol. The molecule has 0 unspecified atom stereocenters. The van der Waals surface area contributed by atoms with Gasteiger partial charge >= 0.3 is 5.97 Å². The number of aliphatic hydroxyl groups is 1. The Labute approximate surface area is 88.4 Å². The maximum Gasteiger partial charge on any atom is 0.309 e. The fourth-order valence-electron chi connectivity index (χ4n) is 1.11. The molecule has 0 atom stereocenters. The highest BCUT2D eigenvalue weighted by molar-refractivity contribution is 5.72. The van der Waals surface area contributed by atoms with E-state index in [1.807, 2.05) is 0 Å². The predicted molar refractivity (Wildman–Crippen MR) is 54.7 cm³/mol. The van der Waals surface area contributed by atoms with Crippen molar-refractivity contribution in [2.24, 2.45) is 0 Å². The quantitative estimate of drug-likeness (QED) is 0.729. The molecule has 0 saturated carbocycles. The van der Waals surface area contributed by atoms with E-state index < -0.39 is 0 Å². The van der Waals surface area contributed by atoms with E-state index in [4.69, 9.17) is 9.84 Å². The Bertz CT molecular complexity index is 305. The molecule has 82 valence electrons. The van der Waals surface area contributed by atoms with E-state index in [-0.39, 0.29) is 25.6 Å². The number of ether oxygens (including phenoxy) is 2. The van der Waals surface area contributed by atoms with E-state index in [1.165, 1.54) is 7.11 Å². The molecule has 0 spiro atoms. The van der Waals surface area contributed by atoms with Crippen LogP contribution in [0.2, 0.25) is 0 Å². The van der Waals surface area contributed by atoms with Crippen molar-refractivity contribution in [1.29, 1.82) is 0 Å². The molecule has 1 aromatic rings. The Balaban J connectivity index is 2.52. The van der Waals surface area contributed by atoms with Gasteiger partial charge in [0.15, 0.2) is 0 Å². The number of esters is 1. The van der Waals surface area contributed by atoms with Gasteiger partial charge in [-0.05, 0) is 17.7 Å². The lowest BCUT2D eigenvalue weighted by Crippen LogP contribution is -2.05. The van der Waals surface area contributed by atoms with Crippen LogP contribution < -0.4 is 4.74 Å². The fourth-order valence-corrected chi connectivity index (χ4v) is 1.11. The molecule has 0 aromatic heterocycles. The summed E-state index contributed by atoms with van der Waals surface area (Å²) in [6.07, 6.45) is 0.261. The van der Waals surface area contributed by atoms with Gasteiger partial charge in [-0.1, -0.05) is 12.1 Å². The topological polar surface area (TPSA) is 55.8 Å². The number of methoxy groups -OCH3 is 1. The summed E-state index contributed by atoms with van der Waals surface area (Å²) in [5.41, 5.74) is 0.873. The number of carbonyl (C=O) groups is 1. The highest BCUT2D eigenvalue weighted by atomic mass is 16.5. The van der Waals surface area contributed by atoms with Crippen molar-refractivity contribution in [3.63, 3.8) is 0 Å². The van der Waals surface area contributed by atoms with Crippen molar-refractivity contribution in [2.75, 3.05) is 20.3 Å². The molecule has 0 aliphatic heterocycles. The van der Waals surface area contributed by atoms with Gasteiger partial charge in [-0.3, -0.25) is 4.79 Å². The van der Waals surface area contributed by atoms with E-state index in [9.17, 15) is 4.79 Å². The van der Waals surface area contributed by atoms with E-state index in [0.29, 0.717) is 5.75 Å². The molecule has 0 bridgehead atoms. The molecule has 4 heteroatoms. The van der Waals surface area contributed by atoms with Crippen LogP contribution in [0.3, 0.4) is 0 Å². The molecule has 1 N–H and O–H groups in total. The minimum atomic E-state index is -0.265. The molecule has 0 aliphatic carbocycles. The number of carbonyl (C=O) groups excluding carboxylic acids is 1. The first kappa shape index (κ1) is 11.5. The number of aliphatic hydroxyl groups excluding tert-OH is 1. The van der Waals surface area contributed by atoms with Gasteiger partial charge in [0.25, 0.3) is 0 Å². The van der Waals surface area contributed by atoms with Crippen molar-refractivity contribution in [3.05, 3.63) is 29.8 Å². The van der Waals surface area contributed by atoms with Crippen LogP contribution in [0.4, 0.5) is 0 Å². The molecule has 0 aliphatic rings. The lowest BCUT2D eigenvalue weighted by Gasteiger charge is -2.05. The molecular formula is C11H14O4. The highest BCUT2D eigenvalue weighted by Crippen LogP contribution is 2.12. The molecule has 0 amide bonds. The maximum absolute atomic E-state index is 11.0. The van der Waals surface area contributed by atoms with Gasteiger partial charge in [-0.15, -0.1) is 0 Å². The summed E-state index contributed by atoms with van der Waals surface area (Å²) in [6.45, 7) is 0.264. The summed E-state index contributed by atoms with van der Waals surface area (Å²) in [5.74, 6) is 0.414. The van der Waals surface area contributed by atoms with Gasteiger partial charge in [0.05, 0.1) is 20.1 Å². The summed E-state index contributed by atoms with van der Waals surface area (Å²) >= 11 is 0. The Hall–Kier alpha value is -1.55. The van der Waals surface area contributed by atoms with Crippen LogP contribution in [0.25, 0.3) is 0 Å². The Kier molecular flexibility index (Phi) is 4.63. The molecule has 1 aromatic carbocycles. The van der Waals surface area contributed by atoms with E-state index in [2.05, 4.69) is 4.74 Å². The average Bonchev–Trinajstić information content (AvgIpc) is 2.28. The third kappa shape index (κ3) is 3.99. The third-order valence-electron chi connectivity index (χ3n) is 1.86. The van der Waals surface area contributed by atoms with E-state index >= 15 is 0 Å². The van der Waals surface area contributed by atoms with E-state index in [0.717, 1.165) is 5.56 Å². The Morgan fingerprint density at radius 2 is 2.00 bits per heavy atom. The minimum Gasteiger partial charge on any atom is -0.491 e. The predicted octanol–water partition coefficient (Wildman–Crippen LogP) is 0.773. The summed E-state index contributed by atoms with van der Waals surface area (Å²) in [5, 5.41) is 8.55. The number of hydrogen-bond acceptors (Lipinski definition) is 4. The van der Waals surface area contributed by atoms with Crippen LogP contribution in [0.1, 0.15) is 5.56 Å². The van der Waals surface area contributed by atoms with Crippen molar-refractivity contribution in [2.45, 2.75) is 6.42 Å². The van der Waals surface area contributed by atoms with Crippen molar-refractivity contribution < 1.29 is 19.4 Å². The van der Waals surface area contributed by atoms with Crippen LogP contribution in [-0.2, 0) is 16.0 Å². The monoisotopic (exact) mass is 210 g/mol. The molecule has 15 heavy (non-hydrogen) atoms. The van der Waals surface area contributed by atoms with E-state index in [1.54, 1.807) is 24.3 Å². The Morgan fingerprint density at radius 1 is 1.33 bits per heavy atom. The summed E-state index contributed by atoms with van der Waals surface area (Å²) in [6, 6.07) is 7.11. The smallest absolute Gasteiger partial charge is 0.309 e. The second-order valence-corrected chi connectivity index (χ2v) is 2.97. The largest absolute Gasteiger partial charge is 0.491 e. The van der Waals surface area contributed by atoms with Crippen LogP contribution in [0.5, 0.6) is 5.75 Å². The van der Waals surface area contributed by atoms with Crippen LogP contribution in [0, 0.1) is 0 Å². The van der Waals surface area contributed by atoms with Gasteiger partial charge in [-0.2, -0.15) is 0 Å². The summed E-state index contributed by atoms with van der Waals surface area (Å²) in [7, 11) is 1.36. The second-order valence-electron chi connectivity index (χ2n) is 2.97. The SMILES string of the molecule is COC(=O)Cc1ccc(OCCO)cc1. The normalized spacial score (nSPS) is 9.73. The lowest BCUT2D eigenvalue weighted by molar-refractivity contribution is -0.139. The zero-order chi connectivity index (χ0) is 11.1. The molecule has 0 radical (unpaired) electrons. The first-order valence-electron chi connectivity index (χ1n) is 4.65. The Morgan fingerprint density at radius 3 is 2.53 bits per heavy atom. The van der Waals surface area contributed by atoms with Crippen molar-refractivity contribution in [3.8, 4) is 5.75 Å². The zero-order valence-electron chi connectivity index (χ0n) is 8.60. The zero-order valence-corrected chi connectivity index (χ0v) is 8.60. The third-order valence-corrected chi connectivity index (χ3v) is 1.86. The molecule has 4 nitrogen and oxygen atoms in total. The van der Waals surface area contributed by atoms with Gasteiger partial charge in [0.2, 0.25) is 0 Å². The van der Waals surface area contributed by atoms with Crippen LogP contribution in [-0.4, -0.2) is 31.4 Å². The lowest BCUT2D eigenvalue weighted by atomic mass is 10.1. The first-order chi connectivity index (χ1) is 7.26. The maximum atomic E-state index is 11.0. The van der Waals surface area contributed by atoms with Gasteiger partial charge in [0, 0.05) is 0 Å². The number of hydrogen-bond donors (Lipinski definition) is 1. The molecular weight excluding hydrogens is 196 g/mol. The van der Waals surface area contributed by atoms with Crippen molar-refractivity contribution >= 4 is 5.97 Å². The molecule has 0 heterocycles. The van der Waals surface area contributed by atoms with Gasteiger partial charge < -0.3 is 14.6 Å². The standard InChI is InChI=1S/C11H14O4/c1-14-11(13)8-9-2-4-10(5-3-9)15-7-6-12/h2-5,12H,6-8H2,1H3. The fraction of sp³-hybridized carbons (Fsp3) is 0.364. The summed E-state index contributed by atoms with van der Waals surface area (Å²) in [4.78, 5) is 11.0.